The van der Waals surface area contributed by atoms with Crippen LogP contribution >= 0.6 is 0 Å². The van der Waals surface area contributed by atoms with E-state index in [1.165, 1.54) is 6.08 Å². The number of hydrogen-bond donors (Lipinski definition) is 1. The summed E-state index contributed by atoms with van der Waals surface area (Å²) in [5, 5.41) is 12.9. The molecule has 0 unspecified atom stereocenters. The largest absolute Gasteiger partial charge is 0.550 e. The third-order valence-corrected chi connectivity index (χ3v) is 2.12. The van der Waals surface area contributed by atoms with Crippen LogP contribution in [0.2, 0.25) is 0 Å². The molecule has 0 rings (SSSR count). The van der Waals surface area contributed by atoms with Gasteiger partial charge in [0, 0.05) is 12.4 Å². The van der Waals surface area contributed by atoms with Gasteiger partial charge in [-0.1, -0.05) is 6.58 Å². The maximum absolute atomic E-state index is 10.8. The molecule has 0 fully saturated rings. The van der Waals surface area contributed by atoms with Gasteiger partial charge >= 0.3 is 0 Å². The third kappa shape index (κ3) is 7.69. The number of carbonyl (C=O) groups is 2. The SMILES string of the molecule is C=CC(=O)NCC[N+](C)(C)CCC(=O)[O-]. The van der Waals surface area contributed by atoms with Crippen LogP contribution in [0.3, 0.4) is 0 Å². The van der Waals surface area contributed by atoms with Crippen molar-refractivity contribution in [1.82, 2.24) is 5.32 Å². The molecule has 0 heterocycles. The molecule has 0 bridgehead atoms. The number of quaternary nitrogens is 1. The molecular weight excluding hydrogens is 196 g/mol. The Hall–Kier alpha value is -1.36. The van der Waals surface area contributed by atoms with Crippen molar-refractivity contribution in [3.05, 3.63) is 12.7 Å². The van der Waals surface area contributed by atoms with Gasteiger partial charge in [-0.15, -0.1) is 0 Å². The number of amides is 1. The first-order valence-electron chi connectivity index (χ1n) is 4.79. The topological polar surface area (TPSA) is 69.2 Å². The van der Waals surface area contributed by atoms with Crippen LogP contribution in [0.25, 0.3) is 0 Å². The van der Waals surface area contributed by atoms with E-state index in [0.29, 0.717) is 24.1 Å². The standard InChI is InChI=1S/C10H18N2O3/c1-4-9(13)11-6-8-12(2,3)7-5-10(14)15/h4H,1,5-8H2,2-3H3,(H-,11,13,14,15). The summed E-state index contributed by atoms with van der Waals surface area (Å²) in [6.45, 7) is 5.00. The van der Waals surface area contributed by atoms with E-state index >= 15 is 0 Å². The Morgan fingerprint density at radius 3 is 2.47 bits per heavy atom. The van der Waals surface area contributed by atoms with Crippen molar-refractivity contribution in [2.75, 3.05) is 33.7 Å². The Labute approximate surface area is 90.0 Å². The van der Waals surface area contributed by atoms with Crippen molar-refractivity contribution in [2.24, 2.45) is 0 Å². The maximum atomic E-state index is 10.8. The van der Waals surface area contributed by atoms with Gasteiger partial charge in [0.05, 0.1) is 33.7 Å². The van der Waals surface area contributed by atoms with Crippen molar-refractivity contribution in [1.29, 1.82) is 0 Å². The van der Waals surface area contributed by atoms with E-state index in [1.54, 1.807) is 0 Å². The van der Waals surface area contributed by atoms with Crippen LogP contribution in [0.15, 0.2) is 12.7 Å². The summed E-state index contributed by atoms with van der Waals surface area (Å²) in [5.74, 6) is -1.26. The fourth-order valence-electron chi connectivity index (χ4n) is 1.06. The smallest absolute Gasteiger partial charge is 0.243 e. The number of rotatable bonds is 7. The summed E-state index contributed by atoms with van der Waals surface area (Å²) in [6.07, 6.45) is 1.24. The number of hydrogen-bond acceptors (Lipinski definition) is 3. The first kappa shape index (κ1) is 13.6. The first-order valence-corrected chi connectivity index (χ1v) is 4.79. The zero-order chi connectivity index (χ0) is 11.9. The van der Waals surface area contributed by atoms with E-state index in [1.807, 2.05) is 14.1 Å². The van der Waals surface area contributed by atoms with E-state index in [0.717, 1.165) is 0 Å². The summed E-state index contributed by atoms with van der Waals surface area (Å²) >= 11 is 0. The number of aliphatic carboxylic acids is 1. The molecule has 0 saturated heterocycles. The zero-order valence-electron chi connectivity index (χ0n) is 9.28. The van der Waals surface area contributed by atoms with Gasteiger partial charge in [-0.05, 0) is 6.08 Å². The predicted octanol–water partition coefficient (Wildman–Crippen LogP) is -1.49. The van der Waals surface area contributed by atoms with Crippen LogP contribution in [0.1, 0.15) is 6.42 Å². The Kier molecular flexibility index (Phi) is 5.62. The number of nitrogens with zero attached hydrogens (tertiary/aromatic N) is 1. The minimum Gasteiger partial charge on any atom is -0.550 e. The van der Waals surface area contributed by atoms with E-state index in [2.05, 4.69) is 11.9 Å². The summed E-state index contributed by atoms with van der Waals surface area (Å²) in [4.78, 5) is 21.1. The molecule has 0 atom stereocenters. The van der Waals surface area contributed by atoms with E-state index < -0.39 is 5.97 Å². The van der Waals surface area contributed by atoms with Crippen molar-refractivity contribution >= 4 is 11.9 Å². The molecule has 0 aromatic heterocycles. The first-order chi connectivity index (χ1) is 6.87. The van der Waals surface area contributed by atoms with E-state index in [9.17, 15) is 14.7 Å². The molecule has 5 nitrogen and oxygen atoms in total. The second kappa shape index (κ2) is 6.19. The van der Waals surface area contributed by atoms with Gasteiger partial charge in [0.2, 0.25) is 5.91 Å². The molecule has 0 spiro atoms. The Bertz CT molecular complexity index is 249. The van der Waals surface area contributed by atoms with Crippen LogP contribution < -0.4 is 10.4 Å². The van der Waals surface area contributed by atoms with Crippen LogP contribution in [0.4, 0.5) is 0 Å². The molecule has 0 aliphatic carbocycles. The summed E-state index contributed by atoms with van der Waals surface area (Å²) < 4.78 is 0.533. The van der Waals surface area contributed by atoms with Crippen LogP contribution in [0.5, 0.6) is 0 Å². The molecule has 86 valence electrons. The van der Waals surface area contributed by atoms with E-state index in [-0.39, 0.29) is 12.3 Å². The lowest BCUT2D eigenvalue weighted by molar-refractivity contribution is -0.888. The van der Waals surface area contributed by atoms with E-state index in [4.69, 9.17) is 0 Å². The Morgan fingerprint density at radius 1 is 1.40 bits per heavy atom. The minimum absolute atomic E-state index is 0.0302. The van der Waals surface area contributed by atoms with Crippen LogP contribution in [-0.4, -0.2) is 50.1 Å². The number of carboxylic acids is 1. The lowest BCUT2D eigenvalue weighted by Gasteiger charge is -2.29. The minimum atomic E-state index is -1.05. The molecule has 1 amide bonds. The fraction of sp³-hybridized carbons (Fsp3) is 0.600. The molecule has 0 radical (unpaired) electrons. The van der Waals surface area contributed by atoms with Crippen molar-refractivity contribution < 1.29 is 19.2 Å². The highest BCUT2D eigenvalue weighted by molar-refractivity contribution is 5.86. The third-order valence-electron chi connectivity index (χ3n) is 2.12. The second-order valence-electron chi connectivity index (χ2n) is 4.00. The Morgan fingerprint density at radius 2 is 2.00 bits per heavy atom. The van der Waals surface area contributed by atoms with Gasteiger partial charge in [-0.3, -0.25) is 4.79 Å². The normalized spacial score (nSPS) is 10.8. The van der Waals surface area contributed by atoms with Gasteiger partial charge < -0.3 is 19.7 Å². The summed E-state index contributed by atoms with van der Waals surface area (Å²) in [6, 6.07) is 0. The lowest BCUT2D eigenvalue weighted by atomic mass is 10.3. The molecule has 15 heavy (non-hydrogen) atoms. The quantitative estimate of drug-likeness (QED) is 0.414. The number of likely N-dealkylation sites (N-methyl/N-ethyl adjacent to an activating group) is 1. The highest BCUT2D eigenvalue weighted by Crippen LogP contribution is 1.97. The highest BCUT2D eigenvalue weighted by Gasteiger charge is 2.14. The van der Waals surface area contributed by atoms with Gasteiger partial charge in [-0.2, -0.15) is 0 Å². The fourth-order valence-corrected chi connectivity index (χ4v) is 1.06. The molecule has 0 aromatic rings. The van der Waals surface area contributed by atoms with Gasteiger partial charge in [0.1, 0.15) is 0 Å². The van der Waals surface area contributed by atoms with Crippen molar-refractivity contribution in [3.63, 3.8) is 0 Å². The molecule has 0 aromatic carbocycles. The zero-order valence-corrected chi connectivity index (χ0v) is 9.28. The molecule has 5 heteroatoms. The molecule has 1 N–H and O–H groups in total. The highest BCUT2D eigenvalue weighted by atomic mass is 16.4. The van der Waals surface area contributed by atoms with Crippen LogP contribution in [-0.2, 0) is 9.59 Å². The molecule has 0 aliphatic heterocycles. The monoisotopic (exact) mass is 214 g/mol. The average Bonchev–Trinajstić information content (AvgIpc) is 2.14. The van der Waals surface area contributed by atoms with Crippen molar-refractivity contribution in [3.8, 4) is 0 Å². The predicted molar refractivity (Wildman–Crippen MR) is 54.7 cm³/mol. The van der Waals surface area contributed by atoms with Gasteiger partial charge in [-0.25, -0.2) is 0 Å². The molecule has 0 aliphatic rings. The van der Waals surface area contributed by atoms with Crippen molar-refractivity contribution in [2.45, 2.75) is 6.42 Å². The van der Waals surface area contributed by atoms with Crippen LogP contribution in [0, 0.1) is 0 Å². The molecule has 0 saturated carbocycles. The summed E-state index contributed by atoms with van der Waals surface area (Å²) in [5.41, 5.74) is 0. The second-order valence-corrected chi connectivity index (χ2v) is 4.00. The average molecular weight is 214 g/mol. The Balaban J connectivity index is 3.77. The van der Waals surface area contributed by atoms with Gasteiger partial charge in [0.15, 0.2) is 0 Å². The number of nitrogens with one attached hydrogen (secondary N) is 1. The maximum Gasteiger partial charge on any atom is 0.243 e. The number of carbonyl (C=O) groups excluding carboxylic acids is 2. The summed E-state index contributed by atoms with van der Waals surface area (Å²) in [7, 11) is 3.81. The lowest BCUT2D eigenvalue weighted by Crippen LogP contribution is -2.47. The van der Waals surface area contributed by atoms with Gasteiger partial charge in [0.25, 0.3) is 0 Å². The molecular formula is C10H18N2O3. The number of carboxylic acid groups (broad SMARTS) is 1.